The van der Waals surface area contributed by atoms with Crippen molar-refractivity contribution in [2.75, 3.05) is 24.5 Å². The second-order valence-corrected chi connectivity index (χ2v) is 11.8. The molecule has 3 heterocycles. The third-order valence-electron chi connectivity index (χ3n) is 6.60. The lowest BCUT2D eigenvalue weighted by molar-refractivity contribution is 0.0979. The molecule has 1 aromatic heterocycles. The molecule has 10 heteroatoms. The van der Waals surface area contributed by atoms with E-state index in [1.165, 1.54) is 16.4 Å². The van der Waals surface area contributed by atoms with Gasteiger partial charge in [0, 0.05) is 38.2 Å². The summed E-state index contributed by atoms with van der Waals surface area (Å²) in [5.41, 5.74) is 7.15. The van der Waals surface area contributed by atoms with E-state index < -0.39 is 21.9 Å². The smallest absolute Gasteiger partial charge is 0.304 e. The summed E-state index contributed by atoms with van der Waals surface area (Å²) in [6, 6.07) is 7.73. The van der Waals surface area contributed by atoms with Gasteiger partial charge in [0.15, 0.2) is 0 Å². The van der Waals surface area contributed by atoms with E-state index in [9.17, 15) is 17.6 Å². The summed E-state index contributed by atoms with van der Waals surface area (Å²) >= 11 is 0. The van der Waals surface area contributed by atoms with Crippen LogP contribution in [0.3, 0.4) is 0 Å². The van der Waals surface area contributed by atoms with E-state index >= 15 is 0 Å². The van der Waals surface area contributed by atoms with Crippen LogP contribution in [0.2, 0.25) is 0 Å². The van der Waals surface area contributed by atoms with Crippen LogP contribution in [0.5, 0.6) is 0 Å². The number of hydrogen-bond acceptors (Lipinski definition) is 6. The van der Waals surface area contributed by atoms with E-state index in [-0.39, 0.29) is 31.7 Å². The first-order chi connectivity index (χ1) is 15.9. The van der Waals surface area contributed by atoms with Gasteiger partial charge >= 0.3 is 10.2 Å². The molecule has 8 nitrogen and oxygen atoms in total. The number of carbonyl (C=O) groups excluding carboxylic acids is 1. The van der Waals surface area contributed by atoms with Crippen LogP contribution in [0.15, 0.2) is 30.3 Å². The third kappa shape index (κ3) is 4.80. The standard InChI is InChI=1S/C24H32FN5O3S.H2/c1-15-5-6-18(20(25)11-15)21-8-7-19(22(27-21)30-13-16(2)12-24(30,3)4)23(31)28-34(32,33)29-10-9-17(26)14-29;/h5-8,11,16-17H,9-10,12-14,26H2,1-4H3,(H,28,31);1H/t16-,17-;/m0./s1. The molecule has 2 aliphatic heterocycles. The monoisotopic (exact) mass is 491 g/mol. The van der Waals surface area contributed by atoms with Crippen molar-refractivity contribution in [1.82, 2.24) is 14.0 Å². The second kappa shape index (κ2) is 8.90. The number of halogens is 1. The zero-order valence-corrected chi connectivity index (χ0v) is 20.8. The third-order valence-corrected chi connectivity index (χ3v) is 8.05. The number of benzene rings is 1. The Morgan fingerprint density at radius 2 is 2.00 bits per heavy atom. The van der Waals surface area contributed by atoms with Crippen molar-refractivity contribution in [3.05, 3.63) is 47.3 Å². The van der Waals surface area contributed by atoms with Gasteiger partial charge in [-0.05, 0) is 69.4 Å². The Morgan fingerprint density at radius 1 is 1.26 bits per heavy atom. The van der Waals surface area contributed by atoms with Crippen LogP contribution >= 0.6 is 0 Å². The van der Waals surface area contributed by atoms with Crippen molar-refractivity contribution < 1.29 is 19.0 Å². The summed E-state index contributed by atoms with van der Waals surface area (Å²) in [4.78, 5) is 20.0. The normalized spacial score (nSPS) is 22.8. The lowest BCUT2D eigenvalue weighted by atomic mass is 9.97. The van der Waals surface area contributed by atoms with Gasteiger partial charge in [0.25, 0.3) is 5.91 Å². The average Bonchev–Trinajstić information content (AvgIpc) is 3.29. The van der Waals surface area contributed by atoms with Gasteiger partial charge in [0.05, 0.1) is 11.3 Å². The van der Waals surface area contributed by atoms with Crippen LogP contribution in [-0.4, -0.2) is 54.8 Å². The topological polar surface area (TPSA) is 109 Å². The quantitative estimate of drug-likeness (QED) is 0.665. The maximum absolute atomic E-state index is 14.7. The molecule has 0 aliphatic carbocycles. The van der Waals surface area contributed by atoms with Crippen LogP contribution in [0.4, 0.5) is 10.2 Å². The highest BCUT2D eigenvalue weighted by Gasteiger charge is 2.40. The minimum Gasteiger partial charge on any atom is -0.351 e. The van der Waals surface area contributed by atoms with E-state index in [0.29, 0.717) is 36.0 Å². The van der Waals surface area contributed by atoms with E-state index in [1.807, 2.05) is 4.90 Å². The van der Waals surface area contributed by atoms with Gasteiger partial charge in [0.1, 0.15) is 11.6 Å². The van der Waals surface area contributed by atoms with Crippen molar-refractivity contribution in [3.63, 3.8) is 0 Å². The fourth-order valence-electron chi connectivity index (χ4n) is 4.98. The largest absolute Gasteiger partial charge is 0.351 e. The van der Waals surface area contributed by atoms with Crippen molar-refractivity contribution in [3.8, 4) is 11.3 Å². The fourth-order valence-corrected chi connectivity index (χ4v) is 6.18. The molecule has 2 aliphatic rings. The summed E-state index contributed by atoms with van der Waals surface area (Å²) < 4.78 is 43.7. The van der Waals surface area contributed by atoms with Crippen molar-refractivity contribution in [1.29, 1.82) is 0 Å². The van der Waals surface area contributed by atoms with Crippen molar-refractivity contribution >= 4 is 21.9 Å². The molecule has 2 atom stereocenters. The molecule has 0 unspecified atom stereocenters. The molecule has 1 aromatic carbocycles. The van der Waals surface area contributed by atoms with Gasteiger partial charge < -0.3 is 10.6 Å². The number of rotatable bonds is 5. The number of aryl methyl sites for hydroxylation is 1. The first kappa shape index (κ1) is 24.6. The van der Waals surface area contributed by atoms with Crippen LogP contribution < -0.4 is 15.4 Å². The number of aromatic nitrogens is 1. The molecule has 34 heavy (non-hydrogen) atoms. The van der Waals surface area contributed by atoms with Gasteiger partial charge in [-0.25, -0.2) is 14.1 Å². The number of amides is 1. The molecule has 0 bridgehead atoms. The number of nitrogens with two attached hydrogens (primary N) is 1. The highest BCUT2D eigenvalue weighted by molar-refractivity contribution is 7.87. The van der Waals surface area contributed by atoms with Crippen molar-refractivity contribution in [2.24, 2.45) is 11.7 Å². The SMILES string of the molecule is Cc1ccc(-c2ccc(C(=O)NS(=O)(=O)N3CC[C@H](N)C3)c(N3C[C@@H](C)CC3(C)C)n2)c(F)c1.[HH]. The highest BCUT2D eigenvalue weighted by Crippen LogP contribution is 2.38. The molecule has 0 saturated carbocycles. The highest BCUT2D eigenvalue weighted by atomic mass is 32.2. The minimum atomic E-state index is -4.05. The molecule has 1 amide bonds. The van der Waals surface area contributed by atoms with Crippen LogP contribution in [-0.2, 0) is 10.2 Å². The molecule has 186 valence electrons. The van der Waals surface area contributed by atoms with Gasteiger partial charge in [-0.2, -0.15) is 12.7 Å². The Kier molecular flexibility index (Phi) is 6.43. The summed E-state index contributed by atoms with van der Waals surface area (Å²) in [5.74, 6) is -0.480. The predicted octanol–water partition coefficient (Wildman–Crippen LogP) is 3.07. The molecular weight excluding hydrogens is 457 g/mol. The fraction of sp³-hybridized carbons (Fsp3) is 0.500. The molecule has 3 N–H and O–H groups in total. The van der Waals surface area contributed by atoms with Gasteiger partial charge in [-0.3, -0.25) is 4.79 Å². The second-order valence-electron chi connectivity index (χ2n) is 10.1. The van der Waals surface area contributed by atoms with Crippen LogP contribution in [0, 0.1) is 18.7 Å². The number of nitrogens with one attached hydrogen (secondary N) is 1. The first-order valence-corrected chi connectivity index (χ1v) is 12.9. The molecule has 2 aromatic rings. The molecule has 2 saturated heterocycles. The lowest BCUT2D eigenvalue weighted by Gasteiger charge is -2.34. The first-order valence-electron chi connectivity index (χ1n) is 11.5. The van der Waals surface area contributed by atoms with E-state index in [2.05, 4.69) is 25.5 Å². The number of carbonyl (C=O) groups is 1. The van der Waals surface area contributed by atoms with E-state index in [0.717, 1.165) is 12.0 Å². The number of nitrogens with zero attached hydrogens (tertiary/aromatic N) is 3. The number of pyridine rings is 1. The number of anilines is 1. The van der Waals surface area contributed by atoms with Gasteiger partial charge in [0.2, 0.25) is 0 Å². The van der Waals surface area contributed by atoms with Crippen molar-refractivity contribution in [2.45, 2.75) is 52.1 Å². The maximum Gasteiger partial charge on any atom is 0.304 e. The predicted molar refractivity (Wildman–Crippen MR) is 132 cm³/mol. The summed E-state index contributed by atoms with van der Waals surface area (Å²) in [7, 11) is -4.05. The Hall–Kier alpha value is -2.56. The number of hydrogen-bond donors (Lipinski definition) is 2. The lowest BCUT2D eigenvalue weighted by Crippen LogP contribution is -2.44. The molecular formula is C24H34FN5O3S. The molecule has 0 spiro atoms. The van der Waals surface area contributed by atoms with Crippen LogP contribution in [0.1, 0.15) is 51.0 Å². The Labute approximate surface area is 202 Å². The summed E-state index contributed by atoms with van der Waals surface area (Å²) in [6.07, 6.45) is 1.42. The van der Waals surface area contributed by atoms with Crippen LogP contribution in [0.25, 0.3) is 11.3 Å². The maximum atomic E-state index is 14.7. The van der Waals surface area contributed by atoms with Gasteiger partial charge in [-0.1, -0.05) is 13.0 Å². The van der Waals surface area contributed by atoms with E-state index in [1.54, 1.807) is 25.1 Å². The van der Waals surface area contributed by atoms with E-state index in [4.69, 9.17) is 10.7 Å². The molecule has 0 radical (unpaired) electrons. The average molecular weight is 492 g/mol. The zero-order valence-electron chi connectivity index (χ0n) is 20.0. The summed E-state index contributed by atoms with van der Waals surface area (Å²) in [5, 5.41) is 0. The zero-order chi connectivity index (χ0) is 24.8. The minimum absolute atomic E-state index is 0. The van der Waals surface area contributed by atoms with Gasteiger partial charge in [-0.15, -0.1) is 0 Å². The Bertz CT molecular complexity index is 1220. The Balaban J connectivity index is 0.00000342. The summed E-state index contributed by atoms with van der Waals surface area (Å²) in [6.45, 7) is 9.11. The molecule has 4 rings (SSSR count). The Morgan fingerprint density at radius 3 is 2.59 bits per heavy atom. The molecule has 2 fully saturated rings.